The van der Waals surface area contributed by atoms with Gasteiger partial charge in [-0.3, -0.25) is 4.79 Å². The highest BCUT2D eigenvalue weighted by molar-refractivity contribution is 7.80. The zero-order chi connectivity index (χ0) is 13.0. The van der Waals surface area contributed by atoms with E-state index in [2.05, 4.69) is 0 Å². The number of hydrogen-bond acceptors (Lipinski definition) is 3. The molecule has 3 heteroatoms. The molecule has 0 bridgehead atoms. The molecule has 0 aliphatic heterocycles. The summed E-state index contributed by atoms with van der Waals surface area (Å²) in [5, 5.41) is 0.422. The van der Waals surface area contributed by atoms with E-state index < -0.39 is 0 Å². The number of Topliss-reactive ketones (excluding diaryl/α,β-unsaturated/α-hetero) is 1. The fraction of sp³-hybridized carbons (Fsp3) is 0.0667. The van der Waals surface area contributed by atoms with E-state index in [4.69, 9.17) is 17.0 Å². The molecule has 0 radical (unpaired) electrons. The van der Waals surface area contributed by atoms with E-state index in [0.29, 0.717) is 16.4 Å². The molecule has 0 spiro atoms. The minimum atomic E-state index is 0.0344. The summed E-state index contributed by atoms with van der Waals surface area (Å²) >= 11 is 5.20. The molecule has 0 aliphatic rings. The number of carbonyl (C=O) groups is 1. The van der Waals surface area contributed by atoms with E-state index in [-0.39, 0.29) is 5.78 Å². The van der Waals surface area contributed by atoms with Gasteiger partial charge < -0.3 is 4.74 Å². The number of ketones is 1. The Morgan fingerprint density at radius 2 is 1.56 bits per heavy atom. The number of thiocarbonyl (C=S) groups is 1. The molecule has 0 fully saturated rings. The molecule has 2 aromatic carbocycles. The molecule has 0 N–H and O–H groups in total. The lowest BCUT2D eigenvalue weighted by molar-refractivity contribution is 0.101. The van der Waals surface area contributed by atoms with Crippen LogP contribution in [0.4, 0.5) is 0 Å². The summed E-state index contributed by atoms with van der Waals surface area (Å²) < 4.78 is 5.56. The molecule has 0 heterocycles. The Bertz CT molecular complexity index is 559. The lowest BCUT2D eigenvalue weighted by atomic mass is 10.1. The van der Waals surface area contributed by atoms with Gasteiger partial charge in [-0.25, -0.2) is 0 Å². The summed E-state index contributed by atoms with van der Waals surface area (Å²) in [7, 11) is 0. The van der Waals surface area contributed by atoms with E-state index in [9.17, 15) is 4.79 Å². The van der Waals surface area contributed by atoms with Crippen LogP contribution in [0.5, 0.6) is 5.75 Å². The lowest BCUT2D eigenvalue weighted by Crippen LogP contribution is -2.06. The van der Waals surface area contributed by atoms with Crippen molar-refractivity contribution >= 4 is 23.1 Å². The predicted molar refractivity (Wildman–Crippen MR) is 75.2 cm³/mol. The minimum Gasteiger partial charge on any atom is -0.445 e. The average Bonchev–Trinajstić information content (AvgIpc) is 2.40. The number of hydrogen-bond donors (Lipinski definition) is 0. The fourth-order valence-corrected chi connectivity index (χ4v) is 1.73. The van der Waals surface area contributed by atoms with Crippen LogP contribution in [0.1, 0.15) is 22.8 Å². The van der Waals surface area contributed by atoms with Gasteiger partial charge >= 0.3 is 0 Å². The van der Waals surface area contributed by atoms with Gasteiger partial charge in [0.2, 0.25) is 0 Å². The van der Waals surface area contributed by atoms with Gasteiger partial charge in [-0.15, -0.1) is 0 Å². The Labute approximate surface area is 111 Å². The van der Waals surface area contributed by atoms with Crippen LogP contribution >= 0.6 is 12.2 Å². The van der Waals surface area contributed by atoms with Crippen molar-refractivity contribution in [1.82, 2.24) is 0 Å². The van der Waals surface area contributed by atoms with Gasteiger partial charge in [0.25, 0.3) is 0 Å². The summed E-state index contributed by atoms with van der Waals surface area (Å²) in [6.07, 6.45) is 0. The van der Waals surface area contributed by atoms with E-state index in [1.54, 1.807) is 24.3 Å². The van der Waals surface area contributed by atoms with Crippen LogP contribution < -0.4 is 4.74 Å². The molecular weight excluding hydrogens is 244 g/mol. The molecule has 0 saturated carbocycles. The maximum Gasteiger partial charge on any atom is 0.198 e. The van der Waals surface area contributed by atoms with Gasteiger partial charge in [0, 0.05) is 11.1 Å². The summed E-state index contributed by atoms with van der Waals surface area (Å²) in [5.74, 6) is 0.668. The van der Waals surface area contributed by atoms with Crippen molar-refractivity contribution in [2.45, 2.75) is 6.92 Å². The number of benzene rings is 2. The Kier molecular flexibility index (Phi) is 3.85. The molecular formula is C15H12O2S. The van der Waals surface area contributed by atoms with Gasteiger partial charge in [-0.1, -0.05) is 30.3 Å². The van der Waals surface area contributed by atoms with E-state index in [1.807, 2.05) is 30.3 Å². The van der Waals surface area contributed by atoms with Crippen molar-refractivity contribution < 1.29 is 9.53 Å². The second-order valence-electron chi connectivity index (χ2n) is 3.84. The summed E-state index contributed by atoms with van der Waals surface area (Å²) in [6, 6.07) is 16.5. The minimum absolute atomic E-state index is 0.0344. The van der Waals surface area contributed by atoms with Gasteiger partial charge in [-0.2, -0.15) is 0 Å². The summed E-state index contributed by atoms with van der Waals surface area (Å²) in [4.78, 5) is 11.1. The van der Waals surface area contributed by atoms with Gasteiger partial charge in [-0.05, 0) is 43.4 Å². The van der Waals surface area contributed by atoms with Crippen molar-refractivity contribution in [1.29, 1.82) is 0 Å². The van der Waals surface area contributed by atoms with E-state index >= 15 is 0 Å². The molecule has 2 aromatic rings. The molecule has 0 aliphatic carbocycles. The van der Waals surface area contributed by atoms with E-state index in [0.717, 1.165) is 5.56 Å². The zero-order valence-electron chi connectivity index (χ0n) is 9.92. The highest BCUT2D eigenvalue weighted by Crippen LogP contribution is 2.15. The average molecular weight is 256 g/mol. The summed E-state index contributed by atoms with van der Waals surface area (Å²) in [5.41, 5.74) is 1.52. The maximum atomic E-state index is 11.1. The van der Waals surface area contributed by atoms with Crippen LogP contribution in [0, 0.1) is 0 Å². The Morgan fingerprint density at radius 3 is 2.11 bits per heavy atom. The van der Waals surface area contributed by atoms with Gasteiger partial charge in [0.1, 0.15) is 5.75 Å². The predicted octanol–water partition coefficient (Wildman–Crippen LogP) is 3.64. The van der Waals surface area contributed by atoms with E-state index in [1.165, 1.54) is 6.92 Å². The summed E-state index contributed by atoms with van der Waals surface area (Å²) in [6.45, 7) is 1.53. The van der Waals surface area contributed by atoms with Crippen molar-refractivity contribution in [3.05, 3.63) is 65.7 Å². The third-order valence-electron chi connectivity index (χ3n) is 2.48. The van der Waals surface area contributed by atoms with Crippen LogP contribution in [0.2, 0.25) is 0 Å². The molecule has 0 saturated heterocycles. The molecule has 0 atom stereocenters. The third-order valence-corrected chi connectivity index (χ3v) is 2.80. The Hall–Kier alpha value is -2.00. The van der Waals surface area contributed by atoms with Gasteiger partial charge in [0.05, 0.1) is 0 Å². The maximum absolute atomic E-state index is 11.1. The van der Waals surface area contributed by atoms with Crippen LogP contribution in [-0.2, 0) is 0 Å². The van der Waals surface area contributed by atoms with Crippen molar-refractivity contribution in [3.63, 3.8) is 0 Å². The molecule has 18 heavy (non-hydrogen) atoms. The largest absolute Gasteiger partial charge is 0.445 e. The topological polar surface area (TPSA) is 26.3 Å². The number of ether oxygens (including phenoxy) is 1. The molecule has 2 nitrogen and oxygen atoms in total. The van der Waals surface area contributed by atoms with Crippen molar-refractivity contribution in [3.8, 4) is 5.75 Å². The van der Waals surface area contributed by atoms with Crippen molar-refractivity contribution in [2.24, 2.45) is 0 Å². The normalized spacial score (nSPS) is 9.83. The third kappa shape index (κ3) is 3.02. The van der Waals surface area contributed by atoms with Crippen LogP contribution in [0.3, 0.4) is 0 Å². The first-order valence-electron chi connectivity index (χ1n) is 5.55. The highest BCUT2D eigenvalue weighted by atomic mass is 32.1. The molecule has 2 rings (SSSR count). The van der Waals surface area contributed by atoms with Gasteiger partial charge in [0.15, 0.2) is 10.8 Å². The quantitative estimate of drug-likeness (QED) is 0.619. The first-order chi connectivity index (χ1) is 8.66. The van der Waals surface area contributed by atoms with Crippen molar-refractivity contribution in [2.75, 3.05) is 0 Å². The number of carbonyl (C=O) groups excluding carboxylic acids is 1. The standard InChI is InChI=1S/C15H12O2S/c1-11(16)12-7-9-14(10-8-12)17-15(18)13-5-3-2-4-6-13/h2-10H,1H3. The lowest BCUT2D eigenvalue weighted by Gasteiger charge is -2.07. The molecule has 0 unspecified atom stereocenters. The fourth-order valence-electron chi connectivity index (χ4n) is 1.50. The first kappa shape index (κ1) is 12.5. The Morgan fingerprint density at radius 1 is 0.944 bits per heavy atom. The van der Waals surface area contributed by atoms with Crippen LogP contribution in [0.15, 0.2) is 54.6 Å². The second-order valence-corrected chi connectivity index (χ2v) is 4.21. The Balaban J connectivity index is 2.10. The molecule has 0 aromatic heterocycles. The SMILES string of the molecule is CC(=O)c1ccc(OC(=S)c2ccccc2)cc1. The first-order valence-corrected chi connectivity index (χ1v) is 5.96. The molecule has 90 valence electrons. The highest BCUT2D eigenvalue weighted by Gasteiger charge is 2.04. The molecule has 0 amide bonds. The monoisotopic (exact) mass is 256 g/mol. The second kappa shape index (κ2) is 5.56. The zero-order valence-corrected chi connectivity index (χ0v) is 10.7. The number of rotatable bonds is 3. The van der Waals surface area contributed by atoms with Crippen LogP contribution in [-0.4, -0.2) is 10.8 Å². The smallest absolute Gasteiger partial charge is 0.198 e. The van der Waals surface area contributed by atoms with Crippen LogP contribution in [0.25, 0.3) is 0 Å².